The fourth-order valence-electron chi connectivity index (χ4n) is 4.07. The van der Waals surface area contributed by atoms with Gasteiger partial charge in [0.25, 0.3) is 0 Å². The molecule has 0 unspecified atom stereocenters. The van der Waals surface area contributed by atoms with Crippen LogP contribution in [0.3, 0.4) is 0 Å². The first-order valence-corrected chi connectivity index (χ1v) is 12.0. The Hall–Kier alpha value is -2.44. The van der Waals surface area contributed by atoms with Crippen molar-refractivity contribution in [1.82, 2.24) is 19.6 Å². The zero-order chi connectivity index (χ0) is 23.4. The van der Waals surface area contributed by atoms with Crippen LogP contribution in [0.15, 0.2) is 30.5 Å². The number of benzene rings is 1. The van der Waals surface area contributed by atoms with Crippen LogP contribution in [0, 0.1) is 0 Å². The lowest BCUT2D eigenvalue weighted by Gasteiger charge is -2.35. The molecule has 2 saturated heterocycles. The minimum Gasteiger partial charge on any atom is -0.378 e. The van der Waals surface area contributed by atoms with Crippen molar-refractivity contribution in [1.29, 1.82) is 0 Å². The topological polar surface area (TPSA) is 65.9 Å². The molecule has 180 valence electrons. The summed E-state index contributed by atoms with van der Waals surface area (Å²) in [7, 11) is 0. The van der Waals surface area contributed by atoms with Crippen LogP contribution in [-0.4, -0.2) is 84.3 Å². The number of halogens is 3. The maximum atomic E-state index is 13.6. The average molecular weight is 485 g/mol. The summed E-state index contributed by atoms with van der Waals surface area (Å²) >= 11 is 1.40. The zero-order valence-corrected chi connectivity index (χ0v) is 19.2. The molecule has 1 aromatic heterocycles. The SMILES string of the molecule is CSNc1ccn(C(=O)N2CCN(Cc3ccc(C(F)(F)F)c(N4CCOCC4)c3)CC2)n1. The molecule has 1 N–H and O–H groups in total. The highest BCUT2D eigenvalue weighted by Gasteiger charge is 2.35. The van der Waals surface area contributed by atoms with Crippen molar-refractivity contribution in [3.8, 4) is 0 Å². The number of hydrogen-bond acceptors (Lipinski definition) is 7. The smallest absolute Gasteiger partial charge is 0.378 e. The van der Waals surface area contributed by atoms with Crippen LogP contribution in [0.5, 0.6) is 0 Å². The second-order valence-electron chi connectivity index (χ2n) is 7.95. The highest BCUT2D eigenvalue weighted by atomic mass is 32.2. The lowest BCUT2D eigenvalue weighted by atomic mass is 10.1. The summed E-state index contributed by atoms with van der Waals surface area (Å²) in [6, 6.07) is 5.93. The number of morpholine rings is 1. The maximum Gasteiger partial charge on any atom is 0.418 e. The Bertz CT molecular complexity index is 956. The van der Waals surface area contributed by atoms with Gasteiger partial charge in [-0.05, 0) is 17.7 Å². The van der Waals surface area contributed by atoms with E-state index in [1.54, 1.807) is 34.2 Å². The van der Waals surface area contributed by atoms with Gasteiger partial charge in [-0.1, -0.05) is 18.0 Å². The van der Waals surface area contributed by atoms with Gasteiger partial charge in [0.15, 0.2) is 5.82 Å². The van der Waals surface area contributed by atoms with Gasteiger partial charge in [-0.25, -0.2) is 4.79 Å². The van der Waals surface area contributed by atoms with Gasteiger partial charge in [0.2, 0.25) is 0 Å². The lowest BCUT2D eigenvalue weighted by molar-refractivity contribution is -0.137. The number of hydrogen-bond donors (Lipinski definition) is 1. The number of nitrogens with zero attached hydrogens (tertiary/aromatic N) is 5. The van der Waals surface area contributed by atoms with Crippen LogP contribution in [-0.2, 0) is 17.5 Å². The Balaban J connectivity index is 1.39. The largest absolute Gasteiger partial charge is 0.418 e. The predicted octanol–water partition coefficient (Wildman–Crippen LogP) is 3.21. The van der Waals surface area contributed by atoms with Gasteiger partial charge in [0.05, 0.1) is 18.8 Å². The second-order valence-corrected chi connectivity index (χ2v) is 8.56. The number of ether oxygens (including phenoxy) is 1. The van der Waals surface area contributed by atoms with Gasteiger partial charge in [-0.15, -0.1) is 5.10 Å². The molecule has 1 amide bonds. The zero-order valence-electron chi connectivity index (χ0n) is 18.3. The standard InChI is InChI=1S/C21H27F3N6O2S/c1-33-26-19-4-5-30(25-19)20(31)29-8-6-27(7-9-29)15-16-2-3-17(21(22,23)24)18(14-16)28-10-12-32-13-11-28/h2-5,14H,6-13,15H2,1H3,(H,25,26). The summed E-state index contributed by atoms with van der Waals surface area (Å²) in [6.07, 6.45) is -0.904. The van der Waals surface area contributed by atoms with E-state index in [-0.39, 0.29) is 11.7 Å². The number of carbonyl (C=O) groups is 1. The molecular weight excluding hydrogens is 457 g/mol. The fourth-order valence-corrected chi connectivity index (χ4v) is 4.39. The molecule has 3 heterocycles. The Labute approximate surface area is 194 Å². The van der Waals surface area contributed by atoms with E-state index < -0.39 is 11.7 Å². The van der Waals surface area contributed by atoms with Crippen LogP contribution < -0.4 is 9.62 Å². The minimum atomic E-state index is -4.41. The van der Waals surface area contributed by atoms with E-state index in [0.29, 0.717) is 64.8 Å². The Morgan fingerprint density at radius 3 is 2.52 bits per heavy atom. The van der Waals surface area contributed by atoms with Crippen molar-refractivity contribution in [2.75, 3.05) is 68.4 Å². The van der Waals surface area contributed by atoms with Crippen molar-refractivity contribution in [2.24, 2.45) is 0 Å². The molecule has 33 heavy (non-hydrogen) atoms. The summed E-state index contributed by atoms with van der Waals surface area (Å²) < 4.78 is 50.3. The number of anilines is 2. The summed E-state index contributed by atoms with van der Waals surface area (Å²) in [5.74, 6) is 0.618. The number of nitrogens with one attached hydrogen (secondary N) is 1. The number of carbonyl (C=O) groups excluding carboxylic acids is 1. The van der Waals surface area contributed by atoms with Gasteiger partial charge >= 0.3 is 12.2 Å². The Morgan fingerprint density at radius 2 is 1.85 bits per heavy atom. The van der Waals surface area contributed by atoms with E-state index in [2.05, 4.69) is 14.7 Å². The molecule has 2 aliphatic heterocycles. The Kier molecular flexibility index (Phi) is 7.35. The molecule has 0 radical (unpaired) electrons. The van der Waals surface area contributed by atoms with E-state index in [1.807, 2.05) is 6.26 Å². The summed E-state index contributed by atoms with van der Waals surface area (Å²) in [6.45, 7) is 4.58. The first kappa shape index (κ1) is 23.7. The third-order valence-electron chi connectivity index (χ3n) is 5.76. The first-order valence-electron chi connectivity index (χ1n) is 10.7. The molecule has 8 nitrogen and oxygen atoms in total. The second kappa shape index (κ2) is 10.2. The quantitative estimate of drug-likeness (QED) is 0.654. The van der Waals surface area contributed by atoms with Gasteiger partial charge < -0.3 is 19.3 Å². The number of piperazine rings is 1. The van der Waals surface area contributed by atoms with E-state index >= 15 is 0 Å². The molecule has 0 spiro atoms. The van der Waals surface area contributed by atoms with Gasteiger partial charge in [0.1, 0.15) is 0 Å². The lowest BCUT2D eigenvalue weighted by Crippen LogP contribution is -2.49. The monoisotopic (exact) mass is 484 g/mol. The predicted molar refractivity (Wildman–Crippen MR) is 121 cm³/mol. The van der Waals surface area contributed by atoms with Crippen LogP contribution in [0.4, 0.5) is 29.5 Å². The third-order valence-corrected chi connectivity index (χ3v) is 6.17. The first-order chi connectivity index (χ1) is 15.8. The molecule has 0 atom stereocenters. The number of rotatable bonds is 5. The van der Waals surface area contributed by atoms with Gasteiger partial charge in [-0.2, -0.15) is 17.9 Å². The van der Waals surface area contributed by atoms with Crippen molar-refractivity contribution in [2.45, 2.75) is 12.7 Å². The summed E-state index contributed by atoms with van der Waals surface area (Å²) in [5, 5.41) is 4.22. The van der Waals surface area contributed by atoms with Gasteiger partial charge in [0, 0.05) is 70.0 Å². The number of aromatic nitrogens is 2. The molecule has 4 rings (SSSR count). The highest BCUT2D eigenvalue weighted by molar-refractivity contribution is 7.99. The molecule has 12 heteroatoms. The number of amides is 1. The average Bonchev–Trinajstić information content (AvgIpc) is 3.28. The van der Waals surface area contributed by atoms with Crippen LogP contribution in [0.1, 0.15) is 11.1 Å². The molecule has 0 bridgehead atoms. The van der Waals surface area contributed by atoms with Gasteiger partial charge in [-0.3, -0.25) is 4.90 Å². The fraction of sp³-hybridized carbons (Fsp3) is 0.524. The van der Waals surface area contributed by atoms with Crippen LogP contribution in [0.25, 0.3) is 0 Å². The molecule has 2 aliphatic rings. The maximum absolute atomic E-state index is 13.6. The van der Waals surface area contributed by atoms with E-state index in [0.717, 1.165) is 5.56 Å². The van der Waals surface area contributed by atoms with E-state index in [4.69, 9.17) is 4.74 Å². The Morgan fingerprint density at radius 1 is 1.12 bits per heavy atom. The highest BCUT2D eigenvalue weighted by Crippen LogP contribution is 2.37. The van der Waals surface area contributed by atoms with Crippen LogP contribution >= 0.6 is 11.9 Å². The summed E-state index contributed by atoms with van der Waals surface area (Å²) in [5.41, 5.74) is 0.424. The van der Waals surface area contributed by atoms with E-state index in [1.165, 1.54) is 22.7 Å². The summed E-state index contributed by atoms with van der Waals surface area (Å²) in [4.78, 5) is 18.3. The number of alkyl halides is 3. The minimum absolute atomic E-state index is 0.187. The molecule has 2 aromatic rings. The van der Waals surface area contributed by atoms with Crippen molar-refractivity contribution >= 4 is 29.5 Å². The van der Waals surface area contributed by atoms with Crippen LogP contribution in [0.2, 0.25) is 0 Å². The molecule has 0 saturated carbocycles. The molecular formula is C21H27F3N6O2S. The van der Waals surface area contributed by atoms with Crippen molar-refractivity contribution in [3.05, 3.63) is 41.6 Å². The van der Waals surface area contributed by atoms with E-state index in [9.17, 15) is 18.0 Å². The molecule has 1 aromatic carbocycles. The van der Waals surface area contributed by atoms with Crippen molar-refractivity contribution < 1.29 is 22.7 Å². The van der Waals surface area contributed by atoms with Crippen molar-refractivity contribution in [3.63, 3.8) is 0 Å². The molecule has 2 fully saturated rings. The normalized spacial score (nSPS) is 17.9. The third kappa shape index (κ3) is 5.74. The molecule has 0 aliphatic carbocycles.